The van der Waals surface area contributed by atoms with Crippen LogP contribution in [0.2, 0.25) is 5.02 Å². The molecule has 2 heterocycles. The van der Waals surface area contributed by atoms with Crippen molar-refractivity contribution < 1.29 is 9.53 Å². The number of hydrogen-bond acceptors (Lipinski definition) is 5. The Kier molecular flexibility index (Phi) is 6.63. The van der Waals surface area contributed by atoms with Gasteiger partial charge in [0.05, 0.1) is 11.8 Å². The highest BCUT2D eigenvalue weighted by Gasteiger charge is 2.19. The minimum atomic E-state index is -0.433. The number of rotatable bonds is 4. The van der Waals surface area contributed by atoms with Gasteiger partial charge in [-0.3, -0.25) is 0 Å². The molecule has 142 valence electrons. The number of aromatic nitrogens is 2. The lowest BCUT2D eigenvalue weighted by Crippen LogP contribution is -2.14. The Morgan fingerprint density at radius 3 is 2.63 bits per heavy atom. The van der Waals surface area contributed by atoms with E-state index in [0.29, 0.717) is 21.9 Å². The van der Waals surface area contributed by atoms with E-state index in [4.69, 9.17) is 16.3 Å². The van der Waals surface area contributed by atoms with Crippen molar-refractivity contribution in [3.63, 3.8) is 0 Å². The quantitative estimate of drug-likeness (QED) is 0.569. The zero-order valence-electron chi connectivity index (χ0n) is 15.5. The first-order chi connectivity index (χ1) is 12.3. The molecule has 1 aromatic carbocycles. The number of ether oxygens (including phenoxy) is 1. The van der Waals surface area contributed by atoms with Crippen molar-refractivity contribution in [1.82, 2.24) is 9.97 Å². The predicted octanol–water partition coefficient (Wildman–Crippen LogP) is 5.63. The van der Waals surface area contributed by atoms with E-state index in [9.17, 15) is 4.79 Å². The van der Waals surface area contributed by atoms with Gasteiger partial charge in [-0.2, -0.15) is 0 Å². The van der Waals surface area contributed by atoms with E-state index in [-0.39, 0.29) is 18.5 Å². The van der Waals surface area contributed by atoms with Gasteiger partial charge in [-0.15, -0.1) is 12.4 Å². The molecule has 1 N–H and O–H groups in total. The molecule has 0 amide bonds. The zero-order chi connectivity index (χ0) is 18.8. The molecule has 0 aliphatic heterocycles. The topological polar surface area (TPSA) is 64.1 Å². The van der Waals surface area contributed by atoms with Crippen LogP contribution in [0.25, 0.3) is 11.0 Å². The molecule has 2 aromatic heterocycles. The number of esters is 1. The van der Waals surface area contributed by atoms with Gasteiger partial charge in [0.1, 0.15) is 5.56 Å². The van der Waals surface area contributed by atoms with E-state index in [1.54, 1.807) is 0 Å². The van der Waals surface area contributed by atoms with E-state index < -0.39 is 5.97 Å². The normalized spacial score (nSPS) is 10.6. The van der Waals surface area contributed by atoms with Crippen molar-refractivity contribution in [2.45, 2.75) is 33.8 Å². The van der Waals surface area contributed by atoms with Crippen molar-refractivity contribution in [3.8, 4) is 0 Å². The summed E-state index contributed by atoms with van der Waals surface area (Å²) in [6, 6.07) is 9.35. The lowest BCUT2D eigenvalue weighted by atomic mass is 10.1. The number of pyridine rings is 2. The summed E-state index contributed by atoms with van der Waals surface area (Å²) in [6.45, 7) is 7.49. The summed E-state index contributed by atoms with van der Waals surface area (Å²) < 4.78 is 5.38. The first-order valence-electron chi connectivity index (χ1n) is 8.35. The van der Waals surface area contributed by atoms with Crippen LogP contribution >= 0.6 is 24.0 Å². The smallest absolute Gasteiger partial charge is 0.342 e. The molecule has 0 radical (unpaired) electrons. The largest absolute Gasteiger partial charge is 0.459 e. The summed E-state index contributed by atoms with van der Waals surface area (Å²) in [5.74, 6) is -0.433. The number of halogens is 2. The van der Waals surface area contributed by atoms with E-state index in [1.807, 2.05) is 58.0 Å². The number of carbonyl (C=O) groups excluding carboxylic acids is 1. The Morgan fingerprint density at radius 1 is 1.19 bits per heavy atom. The van der Waals surface area contributed by atoms with Crippen molar-refractivity contribution in [1.29, 1.82) is 0 Å². The van der Waals surface area contributed by atoms with E-state index in [2.05, 4.69) is 15.3 Å². The molecule has 0 unspecified atom stereocenters. The first kappa shape index (κ1) is 20.9. The summed E-state index contributed by atoms with van der Waals surface area (Å²) >= 11 is 6.14. The Bertz CT molecular complexity index is 990. The molecule has 0 aliphatic carbocycles. The van der Waals surface area contributed by atoms with Gasteiger partial charge in [0.15, 0.2) is 5.65 Å². The summed E-state index contributed by atoms with van der Waals surface area (Å²) in [4.78, 5) is 21.4. The van der Waals surface area contributed by atoms with Crippen LogP contribution in [0.1, 0.15) is 35.5 Å². The van der Waals surface area contributed by atoms with Crippen LogP contribution in [0.4, 0.5) is 11.4 Å². The van der Waals surface area contributed by atoms with E-state index in [1.165, 1.54) is 6.20 Å². The molecule has 0 spiro atoms. The molecule has 3 rings (SSSR count). The molecule has 0 fully saturated rings. The summed E-state index contributed by atoms with van der Waals surface area (Å²) in [5, 5.41) is 4.68. The second-order valence-corrected chi connectivity index (χ2v) is 6.85. The van der Waals surface area contributed by atoms with Gasteiger partial charge in [-0.05, 0) is 57.5 Å². The Hall–Kier alpha value is -2.37. The molecule has 3 aromatic rings. The van der Waals surface area contributed by atoms with Crippen LogP contribution in [0.3, 0.4) is 0 Å². The first-order valence-corrected chi connectivity index (χ1v) is 8.73. The molecule has 0 saturated carbocycles. The highest BCUT2D eigenvalue weighted by molar-refractivity contribution is 6.31. The third-order valence-electron chi connectivity index (χ3n) is 3.89. The number of nitrogens with zero attached hydrogens (tertiary/aromatic N) is 2. The number of benzene rings is 1. The second kappa shape index (κ2) is 8.55. The van der Waals surface area contributed by atoms with Gasteiger partial charge in [0, 0.05) is 28.0 Å². The number of fused-ring (bicyclic) bond motifs is 1. The van der Waals surface area contributed by atoms with Gasteiger partial charge in [0.2, 0.25) is 0 Å². The van der Waals surface area contributed by atoms with Gasteiger partial charge >= 0.3 is 5.97 Å². The minimum Gasteiger partial charge on any atom is -0.459 e. The maximum absolute atomic E-state index is 12.6. The van der Waals surface area contributed by atoms with Crippen molar-refractivity contribution in [2.24, 2.45) is 0 Å². The maximum Gasteiger partial charge on any atom is 0.342 e. The summed E-state index contributed by atoms with van der Waals surface area (Å²) in [6.07, 6.45) is 1.27. The van der Waals surface area contributed by atoms with Gasteiger partial charge in [-0.25, -0.2) is 14.8 Å². The van der Waals surface area contributed by atoms with Crippen molar-refractivity contribution in [3.05, 3.63) is 58.4 Å². The fourth-order valence-electron chi connectivity index (χ4n) is 2.60. The van der Waals surface area contributed by atoms with Gasteiger partial charge < -0.3 is 10.1 Å². The van der Waals surface area contributed by atoms with Gasteiger partial charge in [0.25, 0.3) is 0 Å². The lowest BCUT2D eigenvalue weighted by molar-refractivity contribution is 0.0379. The molecule has 5 nitrogen and oxygen atoms in total. The van der Waals surface area contributed by atoms with E-state index >= 15 is 0 Å². The fraction of sp³-hybridized carbons (Fsp3) is 0.250. The van der Waals surface area contributed by atoms with Crippen LogP contribution in [-0.4, -0.2) is 22.0 Å². The molecule has 0 aliphatic rings. The van der Waals surface area contributed by atoms with Crippen LogP contribution in [-0.2, 0) is 4.74 Å². The zero-order valence-corrected chi connectivity index (χ0v) is 17.1. The highest BCUT2D eigenvalue weighted by atomic mass is 35.5. The lowest BCUT2D eigenvalue weighted by Gasteiger charge is -2.16. The molecule has 7 heteroatoms. The molecular formula is C20H21Cl2N3O2. The number of nitrogens with one attached hydrogen (secondary N) is 1. The van der Waals surface area contributed by atoms with Crippen LogP contribution in [0.15, 0.2) is 36.5 Å². The average molecular weight is 406 g/mol. The highest BCUT2D eigenvalue weighted by Crippen LogP contribution is 2.31. The maximum atomic E-state index is 12.6. The fourth-order valence-corrected chi connectivity index (χ4v) is 2.77. The SMILES string of the molecule is Cc1ccc2c(Nc3cc(Cl)ccc3C)c(C(=O)OC(C)C)cnc2n1.Cl. The van der Waals surface area contributed by atoms with E-state index in [0.717, 1.165) is 22.3 Å². The van der Waals surface area contributed by atoms with Crippen LogP contribution in [0.5, 0.6) is 0 Å². The predicted molar refractivity (Wildman–Crippen MR) is 112 cm³/mol. The average Bonchev–Trinajstić information content (AvgIpc) is 2.57. The standard InChI is InChI=1S/C20H20ClN3O2.ClH/c1-11(2)26-20(25)16-10-22-19-15(8-6-13(4)23-19)18(16)24-17-9-14(21)7-5-12(17)3;/h5-11H,1-4H3,(H,22,23,24);1H. The summed E-state index contributed by atoms with van der Waals surface area (Å²) in [5.41, 5.74) is 4.20. The Balaban J connectivity index is 0.00000261. The Labute approximate surface area is 169 Å². The van der Waals surface area contributed by atoms with Gasteiger partial charge in [-0.1, -0.05) is 17.7 Å². The molecule has 0 saturated heterocycles. The molecule has 27 heavy (non-hydrogen) atoms. The van der Waals surface area contributed by atoms with Crippen molar-refractivity contribution >= 4 is 52.4 Å². The monoisotopic (exact) mass is 405 g/mol. The second-order valence-electron chi connectivity index (χ2n) is 6.41. The molecule has 0 bridgehead atoms. The minimum absolute atomic E-state index is 0. The third-order valence-corrected chi connectivity index (χ3v) is 4.13. The molecular weight excluding hydrogens is 385 g/mol. The van der Waals surface area contributed by atoms with Crippen LogP contribution < -0.4 is 5.32 Å². The van der Waals surface area contributed by atoms with Crippen molar-refractivity contribution in [2.75, 3.05) is 5.32 Å². The number of carbonyl (C=O) groups is 1. The summed E-state index contributed by atoms with van der Waals surface area (Å²) in [7, 11) is 0. The number of aryl methyl sites for hydroxylation is 2. The Morgan fingerprint density at radius 2 is 1.93 bits per heavy atom. The van der Waals surface area contributed by atoms with Crippen LogP contribution in [0, 0.1) is 13.8 Å². The molecule has 0 atom stereocenters. The number of anilines is 2. The third kappa shape index (κ3) is 4.67. The number of hydrogen-bond donors (Lipinski definition) is 1.